The zero-order valence-corrected chi connectivity index (χ0v) is 11.0. The molecule has 1 fully saturated rings. The molecule has 0 unspecified atom stereocenters. The van der Waals surface area contributed by atoms with E-state index in [2.05, 4.69) is 11.9 Å². The van der Waals surface area contributed by atoms with Crippen LogP contribution in [0.4, 0.5) is 0 Å². The van der Waals surface area contributed by atoms with Gasteiger partial charge in [0.25, 0.3) is 0 Å². The monoisotopic (exact) mass is 247 g/mol. The number of hydrogen-bond donors (Lipinski definition) is 2. The zero-order valence-electron chi connectivity index (χ0n) is 11.0. The fraction of sp³-hybridized carbons (Fsp3) is 0.571. The van der Waals surface area contributed by atoms with Crippen LogP contribution in [0.3, 0.4) is 0 Å². The maximum atomic E-state index is 9.17. The predicted molar refractivity (Wildman–Crippen MR) is 74.6 cm³/mol. The summed E-state index contributed by atoms with van der Waals surface area (Å²) >= 11 is 0. The van der Waals surface area contributed by atoms with Crippen LogP contribution in [0, 0.1) is 0 Å². The van der Waals surface area contributed by atoms with E-state index >= 15 is 0 Å². The van der Waals surface area contributed by atoms with Gasteiger partial charge in [-0.15, -0.1) is 0 Å². The van der Waals surface area contributed by atoms with E-state index < -0.39 is 7.12 Å². The molecule has 1 saturated carbocycles. The predicted octanol–water partition coefficient (Wildman–Crippen LogP) is 1.13. The molecule has 0 aromatic heterocycles. The average Bonchev–Trinajstić information content (AvgIpc) is 2.40. The molecular formula is C14H22BNO2. The molecule has 3 nitrogen and oxygen atoms in total. The minimum Gasteiger partial charge on any atom is -0.423 e. The van der Waals surface area contributed by atoms with Crippen LogP contribution >= 0.6 is 0 Å². The van der Waals surface area contributed by atoms with Crippen LogP contribution in [0.15, 0.2) is 24.3 Å². The van der Waals surface area contributed by atoms with Crippen molar-refractivity contribution in [3.8, 4) is 0 Å². The van der Waals surface area contributed by atoms with Gasteiger partial charge in [-0.1, -0.05) is 43.5 Å². The molecule has 2 rings (SSSR count). The topological polar surface area (TPSA) is 43.7 Å². The average molecular weight is 247 g/mol. The van der Waals surface area contributed by atoms with E-state index in [4.69, 9.17) is 0 Å². The van der Waals surface area contributed by atoms with E-state index in [1.165, 1.54) is 32.1 Å². The summed E-state index contributed by atoms with van der Waals surface area (Å²) in [5.74, 6) is 0. The molecule has 1 aromatic rings. The normalized spacial score (nSPS) is 17.1. The zero-order chi connectivity index (χ0) is 13.0. The highest BCUT2D eigenvalue weighted by Crippen LogP contribution is 2.22. The van der Waals surface area contributed by atoms with Crippen molar-refractivity contribution in [3.63, 3.8) is 0 Å². The number of nitrogens with zero attached hydrogens (tertiary/aromatic N) is 1. The lowest BCUT2D eigenvalue weighted by Crippen LogP contribution is -2.34. The van der Waals surface area contributed by atoms with E-state index in [1.807, 2.05) is 18.2 Å². The van der Waals surface area contributed by atoms with E-state index in [1.54, 1.807) is 6.07 Å². The summed E-state index contributed by atoms with van der Waals surface area (Å²) in [5.41, 5.74) is 1.72. The van der Waals surface area contributed by atoms with Gasteiger partial charge in [-0.25, -0.2) is 0 Å². The summed E-state index contributed by atoms with van der Waals surface area (Å²) in [4.78, 5) is 2.39. The molecule has 0 amide bonds. The maximum absolute atomic E-state index is 9.17. The molecule has 2 N–H and O–H groups in total. The SMILES string of the molecule is CN(Cc1cccc(B(O)O)c1)C1CCCCC1. The highest BCUT2D eigenvalue weighted by molar-refractivity contribution is 6.58. The van der Waals surface area contributed by atoms with Gasteiger partial charge in [0, 0.05) is 12.6 Å². The van der Waals surface area contributed by atoms with Crippen molar-refractivity contribution in [1.29, 1.82) is 0 Å². The number of rotatable bonds is 4. The van der Waals surface area contributed by atoms with Crippen molar-refractivity contribution < 1.29 is 10.0 Å². The Hall–Kier alpha value is -0.835. The van der Waals surface area contributed by atoms with Gasteiger partial charge in [-0.3, -0.25) is 4.90 Å². The molecular weight excluding hydrogens is 225 g/mol. The summed E-state index contributed by atoms with van der Waals surface area (Å²) in [7, 11) is 0.794. The first-order valence-electron chi connectivity index (χ1n) is 6.82. The molecule has 0 saturated heterocycles. The Kier molecular flexibility index (Phi) is 4.81. The lowest BCUT2D eigenvalue weighted by molar-refractivity contribution is 0.184. The Morgan fingerprint density at radius 1 is 1.22 bits per heavy atom. The lowest BCUT2D eigenvalue weighted by atomic mass is 9.79. The van der Waals surface area contributed by atoms with Crippen LogP contribution in [0.5, 0.6) is 0 Å². The maximum Gasteiger partial charge on any atom is 0.488 e. The van der Waals surface area contributed by atoms with Crippen LogP contribution in [-0.4, -0.2) is 35.2 Å². The van der Waals surface area contributed by atoms with Crippen molar-refractivity contribution in [3.05, 3.63) is 29.8 Å². The van der Waals surface area contributed by atoms with Crippen molar-refractivity contribution >= 4 is 12.6 Å². The van der Waals surface area contributed by atoms with Gasteiger partial charge in [-0.05, 0) is 30.9 Å². The minimum absolute atomic E-state index is 0.574. The Morgan fingerprint density at radius 3 is 2.61 bits per heavy atom. The third-order valence-corrected chi connectivity index (χ3v) is 3.88. The summed E-state index contributed by atoms with van der Waals surface area (Å²) in [6, 6.07) is 8.24. The summed E-state index contributed by atoms with van der Waals surface area (Å²) in [6.07, 6.45) is 6.63. The molecule has 1 aromatic carbocycles. The van der Waals surface area contributed by atoms with Crippen molar-refractivity contribution in [2.24, 2.45) is 0 Å². The molecule has 98 valence electrons. The lowest BCUT2D eigenvalue weighted by Gasteiger charge is -2.31. The Labute approximate surface area is 110 Å². The van der Waals surface area contributed by atoms with Crippen molar-refractivity contribution in [1.82, 2.24) is 4.90 Å². The number of hydrogen-bond acceptors (Lipinski definition) is 3. The fourth-order valence-electron chi connectivity index (χ4n) is 2.79. The van der Waals surface area contributed by atoms with Gasteiger partial charge in [-0.2, -0.15) is 0 Å². The van der Waals surface area contributed by atoms with Crippen LogP contribution in [0.25, 0.3) is 0 Å². The third-order valence-electron chi connectivity index (χ3n) is 3.88. The van der Waals surface area contributed by atoms with Gasteiger partial charge in [0.1, 0.15) is 0 Å². The second kappa shape index (κ2) is 6.37. The van der Waals surface area contributed by atoms with Gasteiger partial charge >= 0.3 is 7.12 Å². The standard InChI is InChI=1S/C14H22BNO2/c1-16(14-8-3-2-4-9-14)11-12-6-5-7-13(10-12)15(17)18/h5-7,10,14,17-18H,2-4,8-9,11H2,1H3. The first kappa shape index (κ1) is 13.6. The first-order chi connectivity index (χ1) is 8.66. The Morgan fingerprint density at radius 2 is 1.94 bits per heavy atom. The van der Waals surface area contributed by atoms with Gasteiger partial charge < -0.3 is 10.0 Å². The van der Waals surface area contributed by atoms with E-state index in [-0.39, 0.29) is 0 Å². The molecule has 0 heterocycles. The van der Waals surface area contributed by atoms with Crippen LogP contribution in [0.1, 0.15) is 37.7 Å². The molecule has 18 heavy (non-hydrogen) atoms. The van der Waals surface area contributed by atoms with Crippen LogP contribution < -0.4 is 5.46 Å². The molecule has 0 aliphatic heterocycles. The molecule has 0 bridgehead atoms. The second-order valence-corrected chi connectivity index (χ2v) is 5.33. The summed E-state index contributed by atoms with van der Waals surface area (Å²) < 4.78 is 0. The van der Waals surface area contributed by atoms with E-state index in [0.717, 1.165) is 12.1 Å². The molecule has 4 heteroatoms. The summed E-state index contributed by atoms with van der Waals surface area (Å²) in [5, 5.41) is 18.3. The largest absolute Gasteiger partial charge is 0.488 e. The smallest absolute Gasteiger partial charge is 0.423 e. The van der Waals surface area contributed by atoms with Crippen molar-refractivity contribution in [2.75, 3.05) is 7.05 Å². The van der Waals surface area contributed by atoms with Gasteiger partial charge in [0.05, 0.1) is 0 Å². The van der Waals surface area contributed by atoms with Crippen LogP contribution in [-0.2, 0) is 6.54 Å². The Balaban J connectivity index is 1.97. The first-order valence-corrected chi connectivity index (χ1v) is 6.82. The van der Waals surface area contributed by atoms with Crippen LogP contribution in [0.2, 0.25) is 0 Å². The molecule has 1 aliphatic rings. The minimum atomic E-state index is -1.37. The second-order valence-electron chi connectivity index (χ2n) is 5.33. The highest BCUT2D eigenvalue weighted by Gasteiger charge is 2.18. The quantitative estimate of drug-likeness (QED) is 0.784. The number of benzene rings is 1. The molecule has 0 spiro atoms. The van der Waals surface area contributed by atoms with E-state index in [0.29, 0.717) is 11.5 Å². The third kappa shape index (κ3) is 3.58. The van der Waals surface area contributed by atoms with Gasteiger partial charge in [0.2, 0.25) is 0 Å². The highest BCUT2D eigenvalue weighted by atomic mass is 16.4. The van der Waals surface area contributed by atoms with Gasteiger partial charge in [0.15, 0.2) is 0 Å². The van der Waals surface area contributed by atoms with Crippen molar-refractivity contribution in [2.45, 2.75) is 44.7 Å². The molecule has 0 atom stereocenters. The summed E-state index contributed by atoms with van der Waals surface area (Å²) in [6.45, 7) is 0.880. The fourth-order valence-corrected chi connectivity index (χ4v) is 2.79. The Bertz CT molecular complexity index is 378. The molecule has 1 aliphatic carbocycles. The molecule has 0 radical (unpaired) electrons. The van der Waals surface area contributed by atoms with E-state index in [9.17, 15) is 10.0 Å².